The maximum absolute atomic E-state index is 3.96. The molecule has 1 aromatic rings. The van der Waals surface area contributed by atoms with E-state index in [0.29, 0.717) is 6.04 Å². The first kappa shape index (κ1) is 7.21. The minimum atomic E-state index is 0.332. The molecule has 4 heteroatoms. The standard InChI is InChI=1S/C6H12N4/c1-5(10(2)3)6-4-7-9-8-6/h4-5H,1-3H3,(H,7,8,9). The Morgan fingerprint density at radius 3 is 2.70 bits per heavy atom. The zero-order valence-corrected chi connectivity index (χ0v) is 6.50. The predicted molar refractivity (Wildman–Crippen MR) is 38.5 cm³/mol. The van der Waals surface area contributed by atoms with Crippen LogP contribution in [0.25, 0.3) is 0 Å². The molecule has 1 N–H and O–H groups in total. The van der Waals surface area contributed by atoms with E-state index in [1.807, 2.05) is 14.1 Å². The molecule has 0 aliphatic heterocycles. The fourth-order valence-electron chi connectivity index (χ4n) is 0.676. The lowest BCUT2D eigenvalue weighted by Crippen LogP contribution is -2.16. The second-order valence-corrected chi connectivity index (χ2v) is 2.53. The molecule has 0 spiro atoms. The van der Waals surface area contributed by atoms with Crippen molar-refractivity contribution in [1.29, 1.82) is 0 Å². The normalized spacial score (nSPS) is 14.0. The Balaban J connectivity index is 2.68. The van der Waals surface area contributed by atoms with E-state index in [4.69, 9.17) is 0 Å². The third-order valence-corrected chi connectivity index (χ3v) is 1.64. The van der Waals surface area contributed by atoms with Gasteiger partial charge in [-0.1, -0.05) is 0 Å². The molecule has 4 nitrogen and oxygen atoms in total. The molecule has 1 atom stereocenters. The molecular formula is C6H12N4. The molecule has 0 aromatic carbocycles. The van der Waals surface area contributed by atoms with E-state index in [0.717, 1.165) is 5.69 Å². The summed E-state index contributed by atoms with van der Waals surface area (Å²) in [5.41, 5.74) is 0.977. The topological polar surface area (TPSA) is 44.8 Å². The van der Waals surface area contributed by atoms with Crippen molar-refractivity contribution in [2.24, 2.45) is 0 Å². The highest BCUT2D eigenvalue weighted by atomic mass is 15.3. The minimum Gasteiger partial charge on any atom is -0.301 e. The third-order valence-electron chi connectivity index (χ3n) is 1.64. The number of H-pyrrole nitrogens is 1. The van der Waals surface area contributed by atoms with Gasteiger partial charge in [-0.3, -0.25) is 0 Å². The highest BCUT2D eigenvalue weighted by molar-refractivity contribution is 4.96. The second kappa shape index (κ2) is 2.79. The summed E-state index contributed by atoms with van der Waals surface area (Å²) in [6, 6.07) is 0.332. The molecule has 0 bridgehead atoms. The van der Waals surface area contributed by atoms with E-state index >= 15 is 0 Å². The van der Waals surface area contributed by atoms with Crippen molar-refractivity contribution in [3.8, 4) is 0 Å². The molecule has 0 amide bonds. The Labute approximate surface area is 60.2 Å². The molecule has 0 aliphatic carbocycles. The minimum absolute atomic E-state index is 0.332. The number of rotatable bonds is 2. The fourth-order valence-corrected chi connectivity index (χ4v) is 0.676. The Hall–Kier alpha value is -0.900. The van der Waals surface area contributed by atoms with Crippen LogP contribution < -0.4 is 0 Å². The van der Waals surface area contributed by atoms with Crippen molar-refractivity contribution < 1.29 is 0 Å². The highest BCUT2D eigenvalue weighted by Gasteiger charge is 2.08. The van der Waals surface area contributed by atoms with Gasteiger partial charge in [0.2, 0.25) is 0 Å². The fraction of sp³-hybridized carbons (Fsp3) is 0.667. The smallest absolute Gasteiger partial charge is 0.0992 e. The van der Waals surface area contributed by atoms with Gasteiger partial charge in [-0.2, -0.15) is 15.4 Å². The van der Waals surface area contributed by atoms with Crippen LogP contribution in [-0.2, 0) is 0 Å². The van der Waals surface area contributed by atoms with Gasteiger partial charge in [0.15, 0.2) is 0 Å². The molecule has 0 saturated carbocycles. The first-order chi connectivity index (χ1) is 4.72. The molecule has 1 unspecified atom stereocenters. The van der Waals surface area contributed by atoms with E-state index in [2.05, 4.69) is 27.2 Å². The number of nitrogens with one attached hydrogen (secondary N) is 1. The van der Waals surface area contributed by atoms with Crippen LogP contribution in [0.2, 0.25) is 0 Å². The summed E-state index contributed by atoms with van der Waals surface area (Å²) in [6.07, 6.45) is 1.74. The number of aromatic amines is 1. The van der Waals surface area contributed by atoms with Crippen LogP contribution in [0.5, 0.6) is 0 Å². The number of hydrogen-bond acceptors (Lipinski definition) is 3. The maximum Gasteiger partial charge on any atom is 0.0992 e. The van der Waals surface area contributed by atoms with Crippen molar-refractivity contribution in [3.63, 3.8) is 0 Å². The Morgan fingerprint density at radius 2 is 2.30 bits per heavy atom. The lowest BCUT2D eigenvalue weighted by atomic mass is 10.2. The molecule has 0 fully saturated rings. The van der Waals surface area contributed by atoms with Gasteiger partial charge in [-0.15, -0.1) is 0 Å². The summed E-state index contributed by atoms with van der Waals surface area (Å²) < 4.78 is 0. The summed E-state index contributed by atoms with van der Waals surface area (Å²) in [5, 5.41) is 10.3. The van der Waals surface area contributed by atoms with Crippen molar-refractivity contribution in [2.45, 2.75) is 13.0 Å². The van der Waals surface area contributed by atoms with Crippen LogP contribution in [-0.4, -0.2) is 34.4 Å². The van der Waals surface area contributed by atoms with Crippen LogP contribution >= 0.6 is 0 Å². The molecule has 1 heterocycles. The van der Waals surface area contributed by atoms with Gasteiger partial charge < -0.3 is 4.90 Å². The second-order valence-electron chi connectivity index (χ2n) is 2.53. The summed E-state index contributed by atoms with van der Waals surface area (Å²) in [4.78, 5) is 2.08. The Morgan fingerprint density at radius 1 is 1.60 bits per heavy atom. The average Bonchev–Trinajstić information content (AvgIpc) is 2.36. The lowest BCUT2D eigenvalue weighted by molar-refractivity contribution is 0.315. The van der Waals surface area contributed by atoms with Crippen molar-refractivity contribution in [1.82, 2.24) is 20.3 Å². The van der Waals surface area contributed by atoms with Gasteiger partial charge in [0.25, 0.3) is 0 Å². The van der Waals surface area contributed by atoms with Crippen LogP contribution in [0.15, 0.2) is 6.20 Å². The zero-order valence-electron chi connectivity index (χ0n) is 6.50. The van der Waals surface area contributed by atoms with Crippen molar-refractivity contribution in [2.75, 3.05) is 14.1 Å². The van der Waals surface area contributed by atoms with E-state index in [-0.39, 0.29) is 0 Å². The molecule has 1 aromatic heterocycles. The van der Waals surface area contributed by atoms with E-state index < -0.39 is 0 Å². The summed E-state index contributed by atoms with van der Waals surface area (Å²) in [7, 11) is 4.03. The van der Waals surface area contributed by atoms with Gasteiger partial charge in [-0.05, 0) is 21.0 Å². The largest absolute Gasteiger partial charge is 0.301 e. The predicted octanol–water partition coefficient (Wildman–Crippen LogP) is 0.427. The van der Waals surface area contributed by atoms with Crippen molar-refractivity contribution >= 4 is 0 Å². The van der Waals surface area contributed by atoms with Gasteiger partial charge in [-0.25, -0.2) is 0 Å². The molecule has 56 valence electrons. The maximum atomic E-state index is 3.96. The summed E-state index contributed by atoms with van der Waals surface area (Å²) in [6.45, 7) is 2.08. The van der Waals surface area contributed by atoms with Crippen LogP contribution in [0, 0.1) is 0 Å². The summed E-state index contributed by atoms with van der Waals surface area (Å²) in [5.74, 6) is 0. The Kier molecular flexibility index (Phi) is 2.01. The first-order valence-corrected chi connectivity index (χ1v) is 3.24. The average molecular weight is 140 g/mol. The van der Waals surface area contributed by atoms with Crippen molar-refractivity contribution in [3.05, 3.63) is 11.9 Å². The van der Waals surface area contributed by atoms with Gasteiger partial charge in [0.1, 0.15) is 0 Å². The van der Waals surface area contributed by atoms with Crippen LogP contribution in [0.1, 0.15) is 18.7 Å². The first-order valence-electron chi connectivity index (χ1n) is 3.24. The monoisotopic (exact) mass is 140 g/mol. The third kappa shape index (κ3) is 1.33. The van der Waals surface area contributed by atoms with Crippen LogP contribution in [0.3, 0.4) is 0 Å². The zero-order chi connectivity index (χ0) is 7.56. The number of hydrogen-bond donors (Lipinski definition) is 1. The summed E-state index contributed by atoms with van der Waals surface area (Å²) >= 11 is 0. The van der Waals surface area contributed by atoms with E-state index in [1.54, 1.807) is 6.20 Å². The quantitative estimate of drug-likeness (QED) is 0.647. The number of nitrogens with zero attached hydrogens (tertiary/aromatic N) is 3. The van der Waals surface area contributed by atoms with Crippen LogP contribution in [0.4, 0.5) is 0 Å². The number of aromatic nitrogens is 3. The molecule has 0 aliphatic rings. The van der Waals surface area contributed by atoms with Gasteiger partial charge in [0.05, 0.1) is 17.9 Å². The lowest BCUT2D eigenvalue weighted by Gasteiger charge is -2.15. The molecule has 0 saturated heterocycles. The van der Waals surface area contributed by atoms with E-state index in [1.165, 1.54) is 0 Å². The van der Waals surface area contributed by atoms with Gasteiger partial charge >= 0.3 is 0 Å². The molecule has 10 heavy (non-hydrogen) atoms. The SMILES string of the molecule is CC(c1cn[nH]n1)N(C)C. The molecule has 1 rings (SSSR count). The van der Waals surface area contributed by atoms with Gasteiger partial charge in [0, 0.05) is 0 Å². The molecule has 0 radical (unpaired) electrons. The Bertz CT molecular complexity index is 180. The molecular weight excluding hydrogens is 128 g/mol. The highest BCUT2D eigenvalue weighted by Crippen LogP contribution is 2.11. The van der Waals surface area contributed by atoms with E-state index in [9.17, 15) is 0 Å².